The number of aromatic nitrogens is 2. The summed E-state index contributed by atoms with van der Waals surface area (Å²) >= 11 is 0. The van der Waals surface area contributed by atoms with Crippen LogP contribution in [0.15, 0.2) is 53.3 Å². The van der Waals surface area contributed by atoms with Gasteiger partial charge < -0.3 is 4.90 Å². The molecular formula is C23H25N5O2. The molecule has 30 heavy (non-hydrogen) atoms. The van der Waals surface area contributed by atoms with E-state index >= 15 is 0 Å². The smallest absolute Gasteiger partial charge is 0.328 e. The molecule has 3 aromatic rings. The Labute approximate surface area is 175 Å². The number of carbonyl (C=O) groups is 1. The standard InChI is InChI=1S/C23H25N5O2/c1-25-20-4-2-3-5-21(20)28(23(25)30)11-10-22(29)27-14-12-26(13-15-27)17-19-8-6-18(16-24)7-9-19/h2-9H,10-15,17H2,1H3. The maximum atomic E-state index is 12.7. The minimum absolute atomic E-state index is 0.0868. The van der Waals surface area contributed by atoms with Crippen molar-refractivity contribution in [2.45, 2.75) is 19.5 Å². The molecule has 0 N–H and O–H groups in total. The quantitative estimate of drug-likeness (QED) is 0.653. The first kappa shape index (κ1) is 19.9. The Balaban J connectivity index is 1.31. The van der Waals surface area contributed by atoms with Crippen molar-refractivity contribution >= 4 is 16.9 Å². The molecule has 1 amide bonds. The van der Waals surface area contributed by atoms with E-state index in [0.29, 0.717) is 31.6 Å². The second kappa shape index (κ2) is 8.56. The molecule has 7 heteroatoms. The number of amides is 1. The second-order valence-electron chi connectivity index (χ2n) is 7.70. The number of carbonyl (C=O) groups excluding carboxylic acids is 1. The molecule has 0 aliphatic carbocycles. The molecule has 1 aliphatic rings. The van der Waals surface area contributed by atoms with Crippen LogP contribution in [0.5, 0.6) is 0 Å². The molecule has 1 aliphatic heterocycles. The predicted octanol–water partition coefficient (Wildman–Crippen LogP) is 1.95. The number of piperazine rings is 1. The summed E-state index contributed by atoms with van der Waals surface area (Å²) in [4.78, 5) is 29.4. The summed E-state index contributed by atoms with van der Waals surface area (Å²) in [5.74, 6) is 0.0906. The van der Waals surface area contributed by atoms with Crippen LogP contribution in [-0.2, 0) is 24.9 Å². The largest absolute Gasteiger partial charge is 0.340 e. The van der Waals surface area contributed by atoms with E-state index in [1.165, 1.54) is 5.56 Å². The third-order valence-corrected chi connectivity index (χ3v) is 5.82. The van der Waals surface area contributed by atoms with Crippen LogP contribution in [-0.4, -0.2) is 51.0 Å². The van der Waals surface area contributed by atoms with Gasteiger partial charge in [0.05, 0.1) is 22.7 Å². The highest BCUT2D eigenvalue weighted by atomic mass is 16.2. The van der Waals surface area contributed by atoms with Crippen LogP contribution in [0.25, 0.3) is 11.0 Å². The maximum Gasteiger partial charge on any atom is 0.328 e. The lowest BCUT2D eigenvalue weighted by molar-refractivity contribution is -0.133. The van der Waals surface area contributed by atoms with Crippen molar-refractivity contribution < 1.29 is 4.79 Å². The van der Waals surface area contributed by atoms with Crippen molar-refractivity contribution in [1.29, 1.82) is 5.26 Å². The summed E-state index contributed by atoms with van der Waals surface area (Å²) in [7, 11) is 1.76. The number of nitriles is 1. The molecule has 7 nitrogen and oxygen atoms in total. The third kappa shape index (κ3) is 4.00. The van der Waals surface area contributed by atoms with Crippen molar-refractivity contribution in [2.75, 3.05) is 26.2 Å². The van der Waals surface area contributed by atoms with Crippen LogP contribution in [0.4, 0.5) is 0 Å². The van der Waals surface area contributed by atoms with Gasteiger partial charge in [-0.25, -0.2) is 4.79 Å². The molecule has 0 unspecified atom stereocenters. The average Bonchev–Trinajstić information content (AvgIpc) is 3.03. The number of nitrogens with zero attached hydrogens (tertiary/aromatic N) is 5. The van der Waals surface area contributed by atoms with Crippen LogP contribution in [0.2, 0.25) is 0 Å². The van der Waals surface area contributed by atoms with Crippen molar-refractivity contribution in [2.24, 2.45) is 7.05 Å². The van der Waals surface area contributed by atoms with E-state index in [-0.39, 0.29) is 11.6 Å². The number of imidazole rings is 1. The topological polar surface area (TPSA) is 74.3 Å². The van der Waals surface area contributed by atoms with Gasteiger partial charge in [-0.2, -0.15) is 5.26 Å². The number of rotatable bonds is 5. The lowest BCUT2D eigenvalue weighted by Crippen LogP contribution is -2.48. The highest BCUT2D eigenvalue weighted by Gasteiger charge is 2.21. The lowest BCUT2D eigenvalue weighted by atomic mass is 10.1. The zero-order chi connectivity index (χ0) is 21.1. The molecule has 0 spiro atoms. The van der Waals surface area contributed by atoms with Gasteiger partial charge in [-0.1, -0.05) is 24.3 Å². The molecule has 0 atom stereocenters. The Kier molecular flexibility index (Phi) is 5.68. The van der Waals surface area contributed by atoms with Gasteiger partial charge in [0.15, 0.2) is 0 Å². The van der Waals surface area contributed by atoms with Gasteiger partial charge in [-0.3, -0.25) is 18.8 Å². The highest BCUT2D eigenvalue weighted by molar-refractivity contribution is 5.78. The lowest BCUT2D eigenvalue weighted by Gasteiger charge is -2.34. The normalized spacial score (nSPS) is 14.7. The van der Waals surface area contributed by atoms with Gasteiger partial charge in [-0.05, 0) is 29.8 Å². The first-order chi connectivity index (χ1) is 14.6. The Morgan fingerprint density at radius 2 is 1.67 bits per heavy atom. The van der Waals surface area contributed by atoms with Crippen LogP contribution >= 0.6 is 0 Å². The molecule has 1 fully saturated rings. The first-order valence-corrected chi connectivity index (χ1v) is 10.2. The number of hydrogen-bond donors (Lipinski definition) is 0. The molecule has 1 saturated heterocycles. The van der Waals surface area contributed by atoms with E-state index in [2.05, 4.69) is 11.0 Å². The van der Waals surface area contributed by atoms with E-state index in [0.717, 1.165) is 30.7 Å². The van der Waals surface area contributed by atoms with Gasteiger partial charge in [0, 0.05) is 52.7 Å². The number of fused-ring (bicyclic) bond motifs is 1. The summed E-state index contributed by atoms with van der Waals surface area (Å²) in [6, 6.07) is 17.4. The van der Waals surface area contributed by atoms with E-state index in [4.69, 9.17) is 5.26 Å². The van der Waals surface area contributed by atoms with E-state index in [1.807, 2.05) is 53.4 Å². The molecule has 4 rings (SSSR count). The number of para-hydroxylation sites is 2. The van der Waals surface area contributed by atoms with Crippen molar-refractivity contribution in [1.82, 2.24) is 18.9 Å². The zero-order valence-corrected chi connectivity index (χ0v) is 17.1. The Bertz CT molecular complexity index is 1150. The summed E-state index contributed by atoms with van der Waals surface area (Å²) in [6.07, 6.45) is 0.323. The van der Waals surface area contributed by atoms with E-state index < -0.39 is 0 Å². The maximum absolute atomic E-state index is 12.7. The van der Waals surface area contributed by atoms with Gasteiger partial charge in [0.2, 0.25) is 5.91 Å². The number of aryl methyl sites for hydroxylation is 2. The fourth-order valence-electron chi connectivity index (χ4n) is 4.04. The van der Waals surface area contributed by atoms with Gasteiger partial charge in [-0.15, -0.1) is 0 Å². The van der Waals surface area contributed by atoms with Gasteiger partial charge in [0.1, 0.15) is 0 Å². The van der Waals surface area contributed by atoms with Crippen LogP contribution < -0.4 is 5.69 Å². The Hall–Kier alpha value is -3.37. The Morgan fingerprint density at radius 3 is 2.33 bits per heavy atom. The molecule has 2 aromatic carbocycles. The second-order valence-corrected chi connectivity index (χ2v) is 7.70. The van der Waals surface area contributed by atoms with Gasteiger partial charge >= 0.3 is 5.69 Å². The fraction of sp³-hybridized carbons (Fsp3) is 0.348. The van der Waals surface area contributed by atoms with Crippen LogP contribution in [0, 0.1) is 11.3 Å². The zero-order valence-electron chi connectivity index (χ0n) is 17.1. The minimum Gasteiger partial charge on any atom is -0.340 e. The molecule has 2 heterocycles. The minimum atomic E-state index is -0.0868. The Morgan fingerprint density at radius 1 is 1.00 bits per heavy atom. The van der Waals surface area contributed by atoms with Crippen LogP contribution in [0.1, 0.15) is 17.5 Å². The number of hydrogen-bond acceptors (Lipinski definition) is 4. The summed E-state index contributed by atoms with van der Waals surface area (Å²) < 4.78 is 3.32. The molecule has 0 bridgehead atoms. The predicted molar refractivity (Wildman–Crippen MR) is 115 cm³/mol. The highest BCUT2D eigenvalue weighted by Crippen LogP contribution is 2.14. The van der Waals surface area contributed by atoms with E-state index in [9.17, 15) is 9.59 Å². The van der Waals surface area contributed by atoms with Crippen LogP contribution in [0.3, 0.4) is 0 Å². The van der Waals surface area contributed by atoms with Gasteiger partial charge in [0.25, 0.3) is 0 Å². The average molecular weight is 403 g/mol. The van der Waals surface area contributed by atoms with Crippen molar-refractivity contribution in [3.63, 3.8) is 0 Å². The van der Waals surface area contributed by atoms with E-state index in [1.54, 1.807) is 16.2 Å². The monoisotopic (exact) mass is 403 g/mol. The molecule has 0 radical (unpaired) electrons. The summed E-state index contributed by atoms with van der Waals surface area (Å²) in [5, 5.41) is 8.90. The molecule has 154 valence electrons. The summed E-state index contributed by atoms with van der Waals surface area (Å²) in [5.41, 5.74) is 3.50. The first-order valence-electron chi connectivity index (χ1n) is 10.2. The molecule has 1 aromatic heterocycles. The molecule has 0 saturated carbocycles. The van der Waals surface area contributed by atoms with Crippen molar-refractivity contribution in [3.8, 4) is 6.07 Å². The summed E-state index contributed by atoms with van der Waals surface area (Å²) in [6.45, 7) is 4.24. The van der Waals surface area contributed by atoms with Crippen molar-refractivity contribution in [3.05, 3.63) is 70.1 Å². The third-order valence-electron chi connectivity index (χ3n) is 5.82. The SMILES string of the molecule is Cn1c(=O)n(CCC(=O)N2CCN(Cc3ccc(C#N)cc3)CC2)c2ccccc21. The number of benzene rings is 2. The molecular weight excluding hydrogens is 378 g/mol. The fourth-order valence-corrected chi connectivity index (χ4v) is 4.04.